The van der Waals surface area contributed by atoms with Crippen LogP contribution in [-0.2, 0) is 4.79 Å². The topological polar surface area (TPSA) is 82.5 Å². The molecule has 30 heavy (non-hydrogen) atoms. The molecule has 1 aliphatic carbocycles. The molecule has 1 heterocycles. The van der Waals surface area contributed by atoms with Crippen LogP contribution in [0.2, 0.25) is 5.02 Å². The lowest BCUT2D eigenvalue weighted by Crippen LogP contribution is -2.38. The normalized spacial score (nSPS) is 15.2. The first-order chi connectivity index (χ1) is 14.3. The average molecular weight is 533 g/mol. The number of aliphatic carboxylic acids is 1. The van der Waals surface area contributed by atoms with E-state index in [0.717, 1.165) is 27.2 Å². The van der Waals surface area contributed by atoms with E-state index in [-0.39, 0.29) is 6.03 Å². The summed E-state index contributed by atoms with van der Waals surface area (Å²) < 4.78 is 1.65. The second-order valence-corrected chi connectivity index (χ2v) is 10.9. The second-order valence-electron chi connectivity index (χ2n) is 7.32. The first-order valence-corrected chi connectivity index (χ1v) is 12.7. The maximum Gasteiger partial charge on any atom is 0.328 e. The lowest BCUT2D eigenvalue weighted by atomic mass is 10.1. The van der Waals surface area contributed by atoms with E-state index in [1.807, 2.05) is 12.1 Å². The summed E-state index contributed by atoms with van der Waals surface area (Å²) in [6.07, 6.45) is 6.30. The average Bonchev–Trinajstić information content (AvgIpc) is 3.38. The lowest BCUT2D eigenvalue weighted by Gasteiger charge is -2.26. The first-order valence-electron chi connectivity index (χ1n) is 9.68. The van der Waals surface area contributed by atoms with Gasteiger partial charge in [0, 0.05) is 22.5 Å². The minimum atomic E-state index is -0.823. The number of benzene rings is 1. The highest BCUT2D eigenvalue weighted by atomic mass is 79.9. The van der Waals surface area contributed by atoms with Crippen molar-refractivity contribution in [3.63, 3.8) is 0 Å². The largest absolute Gasteiger partial charge is 0.481 e. The van der Waals surface area contributed by atoms with E-state index in [0.29, 0.717) is 28.4 Å². The Balaban J connectivity index is 1.70. The standard InChI is InChI=1S/C20H23BrClN3O3S2/c1-12(18(26)27)11-29-17-9-23-19(30-17)24-20(28)25(10-13-4-2-3-5-13)14-6-7-15(21)16(22)8-14/h6-9,12-13H,2-5,10-11H2,1H3,(H,26,27)(H,23,24,28). The number of rotatable bonds is 8. The number of carboxylic acid groups (broad SMARTS) is 1. The molecule has 1 fully saturated rings. The van der Waals surface area contributed by atoms with E-state index in [1.54, 1.807) is 24.1 Å². The number of thiazole rings is 1. The molecule has 0 saturated heterocycles. The zero-order chi connectivity index (χ0) is 21.7. The molecule has 1 aliphatic rings. The quantitative estimate of drug-likeness (QED) is 0.374. The van der Waals surface area contributed by atoms with Gasteiger partial charge in [-0.25, -0.2) is 9.78 Å². The summed E-state index contributed by atoms with van der Waals surface area (Å²) in [6, 6.07) is 5.26. The number of nitrogens with one attached hydrogen (secondary N) is 1. The molecule has 0 aliphatic heterocycles. The van der Waals surface area contributed by atoms with Gasteiger partial charge in [-0.15, -0.1) is 11.8 Å². The highest BCUT2D eigenvalue weighted by molar-refractivity contribution is 9.10. The van der Waals surface area contributed by atoms with E-state index in [4.69, 9.17) is 16.7 Å². The summed E-state index contributed by atoms with van der Waals surface area (Å²) in [5.74, 6) is -0.343. The van der Waals surface area contributed by atoms with Crippen molar-refractivity contribution in [2.45, 2.75) is 36.8 Å². The minimum absolute atomic E-state index is 0.245. The van der Waals surface area contributed by atoms with Gasteiger partial charge in [0.1, 0.15) is 0 Å². The molecule has 162 valence electrons. The molecule has 10 heteroatoms. The Labute approximate surface area is 197 Å². The fourth-order valence-electron chi connectivity index (χ4n) is 3.23. The van der Waals surface area contributed by atoms with Gasteiger partial charge in [-0.3, -0.25) is 15.0 Å². The molecule has 3 rings (SSSR count). The Hall–Kier alpha value is -1.29. The molecule has 0 spiro atoms. The number of halogens is 2. The van der Waals surface area contributed by atoms with Crippen LogP contribution in [0.15, 0.2) is 33.1 Å². The fourth-order valence-corrected chi connectivity index (χ4v) is 5.55. The number of carbonyl (C=O) groups excluding carboxylic acids is 1. The molecule has 1 saturated carbocycles. The van der Waals surface area contributed by atoms with Gasteiger partial charge < -0.3 is 5.11 Å². The number of carbonyl (C=O) groups is 2. The van der Waals surface area contributed by atoms with Gasteiger partial charge in [0.25, 0.3) is 0 Å². The Kier molecular flexibility index (Phi) is 8.44. The van der Waals surface area contributed by atoms with Gasteiger partial charge in [-0.2, -0.15) is 0 Å². The predicted molar refractivity (Wildman–Crippen MR) is 127 cm³/mol. The van der Waals surface area contributed by atoms with E-state index < -0.39 is 11.9 Å². The number of amides is 2. The number of aromatic nitrogens is 1. The number of carboxylic acids is 1. The van der Waals surface area contributed by atoms with Gasteiger partial charge in [0.15, 0.2) is 5.13 Å². The Morgan fingerprint density at radius 1 is 1.43 bits per heavy atom. The van der Waals surface area contributed by atoms with Crippen LogP contribution < -0.4 is 10.2 Å². The molecule has 1 unspecified atom stereocenters. The van der Waals surface area contributed by atoms with Crippen LogP contribution in [0.5, 0.6) is 0 Å². The van der Waals surface area contributed by atoms with Crippen LogP contribution in [0.4, 0.5) is 15.6 Å². The van der Waals surface area contributed by atoms with Crippen LogP contribution in [0, 0.1) is 11.8 Å². The molecule has 0 bridgehead atoms. The van der Waals surface area contributed by atoms with E-state index >= 15 is 0 Å². The fraction of sp³-hybridized carbons (Fsp3) is 0.450. The third-order valence-electron chi connectivity index (χ3n) is 4.97. The van der Waals surface area contributed by atoms with Crippen molar-refractivity contribution < 1.29 is 14.7 Å². The van der Waals surface area contributed by atoms with E-state index in [2.05, 4.69) is 26.2 Å². The van der Waals surface area contributed by atoms with Crippen molar-refractivity contribution in [3.05, 3.63) is 33.9 Å². The monoisotopic (exact) mass is 531 g/mol. The number of nitrogens with zero attached hydrogens (tertiary/aromatic N) is 2. The van der Waals surface area contributed by atoms with Crippen molar-refractivity contribution in [1.82, 2.24) is 4.98 Å². The molecule has 2 aromatic rings. The van der Waals surface area contributed by atoms with Crippen LogP contribution >= 0.6 is 50.6 Å². The van der Waals surface area contributed by atoms with Gasteiger partial charge >= 0.3 is 12.0 Å². The highest BCUT2D eigenvalue weighted by Gasteiger charge is 2.24. The molecule has 0 radical (unpaired) electrons. The molecule has 1 atom stereocenters. The molecule has 1 aromatic heterocycles. The maximum absolute atomic E-state index is 13.1. The van der Waals surface area contributed by atoms with Gasteiger partial charge in [-0.05, 0) is 52.9 Å². The first kappa shape index (κ1) is 23.4. The summed E-state index contributed by atoms with van der Waals surface area (Å²) in [4.78, 5) is 30.1. The molecule has 2 amide bonds. The SMILES string of the molecule is CC(CSc1cnc(NC(=O)N(CC2CCCC2)c2ccc(Br)c(Cl)c2)s1)C(=O)O. The van der Waals surface area contributed by atoms with Crippen molar-refractivity contribution >= 4 is 73.4 Å². The Morgan fingerprint density at radius 2 is 2.17 bits per heavy atom. The van der Waals surface area contributed by atoms with E-state index in [9.17, 15) is 9.59 Å². The van der Waals surface area contributed by atoms with Crippen LogP contribution in [0.25, 0.3) is 0 Å². The van der Waals surface area contributed by atoms with Gasteiger partial charge in [0.05, 0.1) is 21.3 Å². The van der Waals surface area contributed by atoms with E-state index in [1.165, 1.54) is 35.9 Å². The zero-order valence-corrected chi connectivity index (χ0v) is 20.4. The summed E-state index contributed by atoms with van der Waals surface area (Å²) in [6.45, 7) is 2.30. The van der Waals surface area contributed by atoms with Crippen molar-refractivity contribution in [2.75, 3.05) is 22.5 Å². The van der Waals surface area contributed by atoms with Crippen molar-refractivity contribution in [3.8, 4) is 0 Å². The Bertz CT molecular complexity index is 905. The van der Waals surface area contributed by atoms with Crippen LogP contribution in [0.3, 0.4) is 0 Å². The molecule has 2 N–H and O–H groups in total. The van der Waals surface area contributed by atoms with Crippen LogP contribution in [0.1, 0.15) is 32.6 Å². The number of anilines is 2. The third-order valence-corrected chi connectivity index (χ3v) is 8.57. The maximum atomic E-state index is 13.1. The van der Waals surface area contributed by atoms with Gasteiger partial charge in [-0.1, -0.05) is 42.7 Å². The second kappa shape index (κ2) is 10.8. The minimum Gasteiger partial charge on any atom is -0.481 e. The van der Waals surface area contributed by atoms with Crippen LogP contribution in [-0.4, -0.2) is 34.4 Å². The third kappa shape index (κ3) is 6.35. The lowest BCUT2D eigenvalue weighted by molar-refractivity contribution is -0.140. The summed E-state index contributed by atoms with van der Waals surface area (Å²) in [5.41, 5.74) is 0.744. The summed E-state index contributed by atoms with van der Waals surface area (Å²) in [5, 5.41) is 12.9. The highest BCUT2D eigenvalue weighted by Crippen LogP contribution is 2.33. The molecule has 6 nitrogen and oxygen atoms in total. The Morgan fingerprint density at radius 3 is 2.83 bits per heavy atom. The van der Waals surface area contributed by atoms with Gasteiger partial charge in [0.2, 0.25) is 0 Å². The number of hydrogen-bond donors (Lipinski definition) is 2. The van der Waals surface area contributed by atoms with Crippen molar-refractivity contribution in [1.29, 1.82) is 0 Å². The molecular weight excluding hydrogens is 510 g/mol. The molecule has 1 aromatic carbocycles. The smallest absolute Gasteiger partial charge is 0.328 e. The summed E-state index contributed by atoms with van der Waals surface area (Å²) in [7, 11) is 0. The molecular formula is C20H23BrClN3O3S2. The predicted octanol–water partition coefficient (Wildman–Crippen LogP) is 6.60. The summed E-state index contributed by atoms with van der Waals surface area (Å²) >= 11 is 12.4. The van der Waals surface area contributed by atoms with Crippen molar-refractivity contribution in [2.24, 2.45) is 11.8 Å². The number of thioether (sulfide) groups is 1. The number of hydrogen-bond acceptors (Lipinski definition) is 5. The zero-order valence-electron chi connectivity index (χ0n) is 16.4. The number of urea groups is 1.